The molecule has 146 valence electrons. The fraction of sp³-hybridized carbons (Fsp3) is 0.273. The van der Waals surface area contributed by atoms with Gasteiger partial charge in [0.2, 0.25) is 18.6 Å². The summed E-state index contributed by atoms with van der Waals surface area (Å²) in [6.07, 6.45) is 5.24. The molecular weight excluding hydrogens is 356 g/mol. The summed E-state index contributed by atoms with van der Waals surface area (Å²) in [6, 6.07) is 11.4. The lowest BCUT2D eigenvalue weighted by Crippen LogP contribution is -2.11. The first-order valence-corrected chi connectivity index (χ1v) is 9.34. The summed E-state index contributed by atoms with van der Waals surface area (Å²) in [6.45, 7) is 5.47. The molecular formula is C22H24N2O4. The molecule has 2 amide bonds. The fourth-order valence-corrected chi connectivity index (χ4v) is 3.14. The number of nitrogens with one attached hydrogen (secondary N) is 2. The van der Waals surface area contributed by atoms with Gasteiger partial charge in [0.1, 0.15) is 0 Å². The molecule has 1 aliphatic heterocycles. The second-order valence-corrected chi connectivity index (χ2v) is 6.46. The van der Waals surface area contributed by atoms with E-state index >= 15 is 0 Å². The van der Waals surface area contributed by atoms with Crippen molar-refractivity contribution in [1.82, 2.24) is 0 Å². The Kier molecular flexibility index (Phi) is 6.32. The molecule has 1 aliphatic carbocycles. The van der Waals surface area contributed by atoms with Gasteiger partial charge in [-0.25, -0.2) is 0 Å². The molecule has 2 aliphatic rings. The highest BCUT2D eigenvalue weighted by atomic mass is 16.7. The van der Waals surface area contributed by atoms with Crippen LogP contribution >= 0.6 is 0 Å². The maximum absolute atomic E-state index is 11.3. The average Bonchev–Trinajstić information content (AvgIpc) is 3.37. The van der Waals surface area contributed by atoms with Crippen LogP contribution in [0, 0.1) is 0 Å². The highest BCUT2D eigenvalue weighted by molar-refractivity contribution is 5.99. The monoisotopic (exact) mass is 380 g/mol. The zero-order valence-electron chi connectivity index (χ0n) is 15.9. The Bertz CT molecular complexity index is 892. The Balaban J connectivity index is 0.000000161. The number of ether oxygens (including phenoxy) is 2. The summed E-state index contributed by atoms with van der Waals surface area (Å²) >= 11 is 0. The second-order valence-electron chi connectivity index (χ2n) is 6.46. The van der Waals surface area contributed by atoms with E-state index < -0.39 is 0 Å². The highest BCUT2D eigenvalue weighted by Gasteiger charge is 2.15. The van der Waals surface area contributed by atoms with Gasteiger partial charge in [-0.05, 0) is 54.7 Å². The van der Waals surface area contributed by atoms with E-state index in [1.807, 2.05) is 19.1 Å². The van der Waals surface area contributed by atoms with Gasteiger partial charge in [0.15, 0.2) is 11.5 Å². The minimum absolute atomic E-state index is 0.102. The van der Waals surface area contributed by atoms with Gasteiger partial charge in [-0.2, -0.15) is 0 Å². The van der Waals surface area contributed by atoms with Crippen molar-refractivity contribution in [2.24, 2.45) is 0 Å². The van der Waals surface area contributed by atoms with Crippen molar-refractivity contribution >= 4 is 23.2 Å². The molecule has 4 rings (SSSR count). The molecule has 6 heteroatoms. The number of amides is 2. The van der Waals surface area contributed by atoms with Gasteiger partial charge >= 0.3 is 0 Å². The number of fused-ring (bicyclic) bond motifs is 2. The smallest absolute Gasteiger partial charge is 0.247 e. The molecule has 28 heavy (non-hydrogen) atoms. The molecule has 0 aromatic heterocycles. The Morgan fingerprint density at radius 1 is 1.11 bits per heavy atom. The van der Waals surface area contributed by atoms with Crippen molar-refractivity contribution < 1.29 is 19.1 Å². The first kappa shape index (κ1) is 19.5. The standard InChI is InChI=1S/C12H15NO.C10H9NO3/c1-2-12(14)13-11-8-4-6-9-5-3-7-10(9)11;1-2-10(12)11-7-3-4-8-9(5-7)14-6-13-8/h4,6,8H,2-3,5,7H2,1H3,(H,13,14);2-5H,1,6H2,(H,11,12). The predicted octanol–water partition coefficient (Wildman–Crippen LogP) is 4.06. The molecule has 2 N–H and O–H groups in total. The summed E-state index contributed by atoms with van der Waals surface area (Å²) in [7, 11) is 0. The van der Waals surface area contributed by atoms with Crippen molar-refractivity contribution in [3.05, 3.63) is 60.2 Å². The van der Waals surface area contributed by atoms with E-state index in [1.165, 1.54) is 23.6 Å². The number of hydrogen-bond acceptors (Lipinski definition) is 4. The van der Waals surface area contributed by atoms with E-state index in [1.54, 1.807) is 18.2 Å². The third-order valence-electron chi connectivity index (χ3n) is 4.57. The number of benzene rings is 2. The van der Waals surface area contributed by atoms with Gasteiger partial charge in [-0.3, -0.25) is 9.59 Å². The molecule has 2 aromatic carbocycles. The topological polar surface area (TPSA) is 76.7 Å². The summed E-state index contributed by atoms with van der Waals surface area (Å²) in [4.78, 5) is 22.3. The van der Waals surface area contributed by atoms with Crippen LogP contribution in [-0.2, 0) is 22.4 Å². The van der Waals surface area contributed by atoms with Crippen LogP contribution < -0.4 is 20.1 Å². The van der Waals surface area contributed by atoms with Gasteiger partial charge in [0.25, 0.3) is 0 Å². The first-order valence-electron chi connectivity index (χ1n) is 9.34. The number of aryl methyl sites for hydroxylation is 1. The number of rotatable bonds is 4. The second kappa shape index (κ2) is 9.08. The molecule has 0 saturated heterocycles. The summed E-state index contributed by atoms with van der Waals surface area (Å²) in [5, 5.41) is 5.58. The van der Waals surface area contributed by atoms with Crippen LogP contribution in [0.1, 0.15) is 30.9 Å². The Morgan fingerprint density at radius 3 is 2.71 bits per heavy atom. The van der Waals surface area contributed by atoms with Gasteiger partial charge in [0, 0.05) is 23.9 Å². The van der Waals surface area contributed by atoms with Crippen LogP contribution in [0.3, 0.4) is 0 Å². The van der Waals surface area contributed by atoms with Crippen molar-refractivity contribution in [1.29, 1.82) is 0 Å². The lowest BCUT2D eigenvalue weighted by atomic mass is 10.1. The summed E-state index contributed by atoms with van der Waals surface area (Å²) in [5.41, 5.74) is 4.43. The quantitative estimate of drug-likeness (QED) is 0.784. The van der Waals surface area contributed by atoms with Crippen molar-refractivity contribution in [3.8, 4) is 11.5 Å². The molecule has 0 atom stereocenters. The van der Waals surface area contributed by atoms with E-state index in [0.717, 1.165) is 18.5 Å². The fourth-order valence-electron chi connectivity index (χ4n) is 3.14. The van der Waals surface area contributed by atoms with Crippen LogP contribution in [-0.4, -0.2) is 18.6 Å². The Hall–Kier alpha value is -3.28. The number of hydrogen-bond donors (Lipinski definition) is 2. The van der Waals surface area contributed by atoms with E-state index in [9.17, 15) is 9.59 Å². The maximum atomic E-state index is 11.3. The lowest BCUT2D eigenvalue weighted by Gasteiger charge is -2.08. The van der Waals surface area contributed by atoms with Crippen LogP contribution in [0.2, 0.25) is 0 Å². The average molecular weight is 380 g/mol. The SMILES string of the molecule is C=CC(=O)Nc1ccc2c(c1)OCO2.CCC(=O)Nc1cccc2c1CCC2. The van der Waals surface area contributed by atoms with E-state index in [-0.39, 0.29) is 18.6 Å². The lowest BCUT2D eigenvalue weighted by molar-refractivity contribution is -0.116. The molecule has 0 fully saturated rings. The summed E-state index contributed by atoms with van der Waals surface area (Å²) in [5.74, 6) is 1.20. The first-order chi connectivity index (χ1) is 13.6. The van der Waals surface area contributed by atoms with Crippen molar-refractivity contribution in [2.45, 2.75) is 32.6 Å². The van der Waals surface area contributed by atoms with E-state index in [2.05, 4.69) is 23.3 Å². The van der Waals surface area contributed by atoms with Crippen molar-refractivity contribution in [2.75, 3.05) is 17.4 Å². The van der Waals surface area contributed by atoms with Crippen LogP contribution in [0.25, 0.3) is 0 Å². The molecule has 0 bridgehead atoms. The largest absolute Gasteiger partial charge is 0.454 e. The predicted molar refractivity (Wildman–Crippen MR) is 109 cm³/mol. The molecule has 0 saturated carbocycles. The van der Waals surface area contributed by atoms with Gasteiger partial charge in [0.05, 0.1) is 0 Å². The third kappa shape index (κ3) is 4.71. The number of carbonyl (C=O) groups is 2. The van der Waals surface area contributed by atoms with Crippen LogP contribution in [0.5, 0.6) is 11.5 Å². The van der Waals surface area contributed by atoms with Crippen LogP contribution in [0.15, 0.2) is 49.1 Å². The highest BCUT2D eigenvalue weighted by Crippen LogP contribution is 2.34. The van der Waals surface area contributed by atoms with Crippen molar-refractivity contribution in [3.63, 3.8) is 0 Å². The van der Waals surface area contributed by atoms with Gasteiger partial charge in [-0.15, -0.1) is 0 Å². The molecule has 0 unspecified atom stereocenters. The third-order valence-corrected chi connectivity index (χ3v) is 4.57. The zero-order valence-corrected chi connectivity index (χ0v) is 15.9. The zero-order chi connectivity index (χ0) is 19.9. The minimum Gasteiger partial charge on any atom is -0.454 e. The molecule has 6 nitrogen and oxygen atoms in total. The maximum Gasteiger partial charge on any atom is 0.247 e. The Labute approximate surface area is 164 Å². The van der Waals surface area contributed by atoms with Crippen LogP contribution in [0.4, 0.5) is 11.4 Å². The van der Waals surface area contributed by atoms with E-state index in [4.69, 9.17) is 9.47 Å². The summed E-state index contributed by atoms with van der Waals surface area (Å²) < 4.78 is 10.3. The van der Waals surface area contributed by atoms with E-state index in [0.29, 0.717) is 23.6 Å². The Morgan fingerprint density at radius 2 is 1.93 bits per heavy atom. The normalized spacial score (nSPS) is 13.0. The molecule has 0 radical (unpaired) electrons. The molecule has 2 aromatic rings. The van der Waals surface area contributed by atoms with Gasteiger partial charge < -0.3 is 20.1 Å². The molecule has 1 heterocycles. The number of anilines is 2. The van der Waals surface area contributed by atoms with Gasteiger partial charge in [-0.1, -0.05) is 25.6 Å². The number of carbonyl (C=O) groups excluding carboxylic acids is 2. The molecule has 0 spiro atoms. The minimum atomic E-state index is -0.246.